The van der Waals surface area contributed by atoms with Crippen LogP contribution in [-0.4, -0.2) is 56.7 Å². The average molecular weight is 431 g/mol. The van der Waals surface area contributed by atoms with E-state index in [1.807, 2.05) is 0 Å². The zero-order chi connectivity index (χ0) is 21.4. The minimum Gasteiger partial charge on any atom is -0.481 e. The number of halogens is 3. The quantitative estimate of drug-likeness (QED) is 0.507. The summed E-state index contributed by atoms with van der Waals surface area (Å²) in [6, 6.07) is 7.78. The van der Waals surface area contributed by atoms with Gasteiger partial charge in [-0.2, -0.15) is 0 Å². The van der Waals surface area contributed by atoms with Crippen LogP contribution in [0.25, 0.3) is 0 Å². The van der Waals surface area contributed by atoms with Crippen LogP contribution in [0.3, 0.4) is 0 Å². The Balaban J connectivity index is 1.87. The third-order valence-corrected chi connectivity index (χ3v) is 5.60. The summed E-state index contributed by atoms with van der Waals surface area (Å²) in [5.41, 5.74) is 0.335. The fourth-order valence-electron chi connectivity index (χ4n) is 2.98. The molecule has 0 spiro atoms. The molecule has 1 amide bonds. The molecule has 1 heterocycles. The number of hydrogen-bond donors (Lipinski definition) is 2. The number of nitrogens with zero attached hydrogens (tertiary/aromatic N) is 1. The summed E-state index contributed by atoms with van der Waals surface area (Å²) in [4.78, 5) is 23.9. The lowest BCUT2D eigenvalue weighted by atomic mass is 10.0. The Morgan fingerprint density at radius 3 is 2.66 bits per heavy atom. The van der Waals surface area contributed by atoms with Crippen LogP contribution < -0.4 is 0 Å². The number of hydrogen-bond acceptors (Lipinski definition) is 4. The van der Waals surface area contributed by atoms with E-state index in [9.17, 15) is 27.9 Å². The van der Waals surface area contributed by atoms with Crippen molar-refractivity contribution in [2.75, 3.05) is 12.3 Å². The Morgan fingerprint density at radius 2 is 2.00 bits per heavy atom. The number of thioether (sulfide) groups is 1. The van der Waals surface area contributed by atoms with Crippen LogP contribution in [0.4, 0.5) is 18.0 Å². The first-order chi connectivity index (χ1) is 13.7. The van der Waals surface area contributed by atoms with E-state index < -0.39 is 49.5 Å². The maximum absolute atomic E-state index is 14.3. The van der Waals surface area contributed by atoms with Gasteiger partial charge in [0, 0.05) is 25.1 Å². The van der Waals surface area contributed by atoms with E-state index in [1.165, 1.54) is 17.1 Å². The molecule has 0 radical (unpaired) electrons. The summed E-state index contributed by atoms with van der Waals surface area (Å²) in [6.07, 6.45) is -2.04. The van der Waals surface area contributed by atoms with Crippen molar-refractivity contribution in [2.45, 2.75) is 49.9 Å². The van der Waals surface area contributed by atoms with Gasteiger partial charge < -0.3 is 15.1 Å². The molecular weight excluding hydrogens is 407 g/mol. The molecule has 1 fully saturated rings. The second-order valence-electron chi connectivity index (χ2n) is 6.88. The van der Waals surface area contributed by atoms with Crippen molar-refractivity contribution in [3.8, 4) is 0 Å². The van der Waals surface area contributed by atoms with Crippen LogP contribution in [0.5, 0.6) is 0 Å². The molecule has 1 aromatic carbocycles. The molecule has 160 valence electrons. The van der Waals surface area contributed by atoms with Crippen molar-refractivity contribution >= 4 is 23.0 Å². The van der Waals surface area contributed by atoms with Crippen molar-refractivity contribution in [3.05, 3.63) is 48.0 Å². The summed E-state index contributed by atoms with van der Waals surface area (Å²) >= 11 is 1.04. The van der Waals surface area contributed by atoms with Crippen molar-refractivity contribution in [3.63, 3.8) is 0 Å². The minimum absolute atomic E-state index is 0.0154. The third kappa shape index (κ3) is 7.40. The zero-order valence-corrected chi connectivity index (χ0v) is 16.5. The number of aliphatic hydroxyl groups excluding tert-OH is 1. The fourth-order valence-corrected chi connectivity index (χ4v) is 3.97. The van der Waals surface area contributed by atoms with Crippen LogP contribution in [0.15, 0.2) is 42.5 Å². The van der Waals surface area contributed by atoms with Crippen LogP contribution in [-0.2, 0) is 4.79 Å². The predicted octanol–water partition coefficient (Wildman–Crippen LogP) is 4.43. The van der Waals surface area contributed by atoms with E-state index in [-0.39, 0.29) is 18.2 Å². The maximum Gasteiger partial charge on any atom is 0.303 e. The number of carbonyl (C=O) groups excluding carboxylic acids is 1. The van der Waals surface area contributed by atoms with Gasteiger partial charge in [-0.3, -0.25) is 9.59 Å². The lowest BCUT2D eigenvalue weighted by molar-refractivity contribution is -0.139. The number of benzene rings is 1. The van der Waals surface area contributed by atoms with E-state index in [0.29, 0.717) is 11.3 Å². The van der Waals surface area contributed by atoms with Gasteiger partial charge in [0.2, 0.25) is 5.92 Å². The Morgan fingerprint density at radius 1 is 1.31 bits per heavy atom. The minimum atomic E-state index is -3.10. The molecule has 1 aliphatic rings. The summed E-state index contributed by atoms with van der Waals surface area (Å²) in [5.74, 6) is -3.99. The second-order valence-corrected chi connectivity index (χ2v) is 7.85. The number of aliphatic hydroxyl groups is 1. The molecule has 1 aromatic rings. The molecule has 0 saturated carbocycles. The van der Waals surface area contributed by atoms with Gasteiger partial charge in [0.05, 0.1) is 12.5 Å². The Bertz CT molecular complexity index is 717. The van der Waals surface area contributed by atoms with Crippen LogP contribution in [0.1, 0.15) is 37.4 Å². The molecule has 5 nitrogen and oxygen atoms in total. The molecule has 3 atom stereocenters. The molecule has 1 aliphatic heterocycles. The monoisotopic (exact) mass is 431 g/mol. The summed E-state index contributed by atoms with van der Waals surface area (Å²) < 4.78 is 41.7. The highest BCUT2D eigenvalue weighted by Gasteiger charge is 2.33. The number of amides is 1. The highest BCUT2D eigenvalue weighted by Crippen LogP contribution is 2.30. The zero-order valence-electron chi connectivity index (χ0n) is 15.7. The highest BCUT2D eigenvalue weighted by atomic mass is 32.2. The Hall–Kier alpha value is -2.00. The first kappa shape index (κ1) is 23.3. The topological polar surface area (TPSA) is 77.8 Å². The lowest BCUT2D eigenvalue weighted by Crippen LogP contribution is -2.34. The van der Waals surface area contributed by atoms with Gasteiger partial charge in [-0.1, -0.05) is 54.2 Å². The van der Waals surface area contributed by atoms with Crippen molar-refractivity contribution in [1.29, 1.82) is 0 Å². The molecule has 0 aliphatic carbocycles. The fraction of sp³-hybridized carbons (Fsp3) is 0.500. The molecule has 29 heavy (non-hydrogen) atoms. The van der Waals surface area contributed by atoms with Crippen molar-refractivity contribution in [2.24, 2.45) is 0 Å². The average Bonchev–Trinajstić information content (AvgIpc) is 3.04. The van der Waals surface area contributed by atoms with Gasteiger partial charge in [0.25, 0.3) is 5.24 Å². The third-order valence-electron chi connectivity index (χ3n) is 4.61. The summed E-state index contributed by atoms with van der Waals surface area (Å²) in [6.45, 7) is 0.0807. The molecule has 9 heteroatoms. The summed E-state index contributed by atoms with van der Waals surface area (Å²) in [5, 5.41) is 18.3. The van der Waals surface area contributed by atoms with E-state index in [0.717, 1.165) is 11.8 Å². The van der Waals surface area contributed by atoms with Crippen LogP contribution in [0, 0.1) is 0 Å². The maximum atomic E-state index is 14.3. The Labute approximate surface area is 171 Å². The van der Waals surface area contributed by atoms with Crippen LogP contribution in [0.2, 0.25) is 0 Å². The van der Waals surface area contributed by atoms with Crippen molar-refractivity contribution < 1.29 is 33.0 Å². The molecule has 0 bridgehead atoms. The van der Waals surface area contributed by atoms with E-state index in [4.69, 9.17) is 5.11 Å². The SMILES string of the molecule is O=C(O)CCC(F)(F)CCCN1C(=O)SCC1C=CC(O)C(F)c1ccccc1. The number of alkyl halides is 3. The first-order valence-corrected chi connectivity index (χ1v) is 10.3. The van der Waals surface area contributed by atoms with Crippen LogP contribution >= 0.6 is 11.8 Å². The normalized spacial score (nSPS) is 19.7. The Kier molecular flexibility index (Phi) is 8.58. The first-order valence-electron chi connectivity index (χ1n) is 9.28. The smallest absolute Gasteiger partial charge is 0.303 e. The van der Waals surface area contributed by atoms with Gasteiger partial charge in [-0.25, -0.2) is 13.2 Å². The van der Waals surface area contributed by atoms with Crippen molar-refractivity contribution in [1.82, 2.24) is 4.90 Å². The number of rotatable bonds is 11. The molecule has 0 aromatic heterocycles. The molecule has 2 rings (SSSR count). The molecule has 2 N–H and O–H groups in total. The number of carbonyl (C=O) groups is 2. The predicted molar refractivity (Wildman–Crippen MR) is 105 cm³/mol. The van der Waals surface area contributed by atoms with E-state index in [1.54, 1.807) is 30.3 Å². The lowest BCUT2D eigenvalue weighted by Gasteiger charge is -2.23. The standard InChI is InChI=1S/C20H24F3NO4S/c21-18(14-5-2-1-3-6-14)16(25)8-7-15-13-29-19(28)24(15)12-4-10-20(22,23)11-9-17(26)27/h1-3,5-8,15-16,18,25H,4,9-13H2,(H,26,27). The molecular formula is C20H24F3NO4S. The number of carboxylic acids is 1. The summed E-state index contributed by atoms with van der Waals surface area (Å²) in [7, 11) is 0. The van der Waals surface area contributed by atoms with Gasteiger partial charge >= 0.3 is 5.97 Å². The second kappa shape index (κ2) is 10.7. The van der Waals surface area contributed by atoms with Gasteiger partial charge in [0.1, 0.15) is 6.10 Å². The van der Waals surface area contributed by atoms with E-state index in [2.05, 4.69) is 0 Å². The number of aliphatic carboxylic acids is 1. The van der Waals surface area contributed by atoms with E-state index >= 15 is 0 Å². The van der Waals surface area contributed by atoms with Gasteiger partial charge in [0.15, 0.2) is 6.17 Å². The van der Waals surface area contributed by atoms with Gasteiger partial charge in [-0.05, 0) is 12.0 Å². The largest absolute Gasteiger partial charge is 0.481 e. The number of carboxylic acid groups (broad SMARTS) is 1. The molecule has 3 unspecified atom stereocenters. The molecule has 1 saturated heterocycles. The van der Waals surface area contributed by atoms with Gasteiger partial charge in [-0.15, -0.1) is 0 Å². The highest BCUT2D eigenvalue weighted by molar-refractivity contribution is 8.13.